The van der Waals surface area contributed by atoms with Crippen molar-refractivity contribution >= 4 is 43.4 Å². The molecule has 0 saturated carbocycles. The quantitative estimate of drug-likeness (QED) is 0.207. The van der Waals surface area contributed by atoms with E-state index in [0.717, 1.165) is 0 Å². The number of benzene rings is 7. The van der Waals surface area contributed by atoms with Gasteiger partial charge in [-0.05, 0) is 97.4 Å². The molecule has 0 N–H and O–H groups in total. The van der Waals surface area contributed by atoms with Crippen LogP contribution in [0.1, 0.15) is 25.0 Å². The summed E-state index contributed by atoms with van der Waals surface area (Å²) in [4.78, 5) is 0. The summed E-state index contributed by atoms with van der Waals surface area (Å²) in [5.41, 5.74) is 11.5. The summed E-state index contributed by atoms with van der Waals surface area (Å²) in [6.07, 6.45) is 0. The molecule has 0 bridgehead atoms. The van der Waals surface area contributed by atoms with E-state index in [1.165, 1.54) is 82.4 Å². The SMILES string of the molecule is CC1(C)c2ccccc2-n2c3ccc(-c4ccc5ccccc5c4)cc3c3cc(-c4ccc5ccccc5c4)cc1c32. The van der Waals surface area contributed by atoms with Gasteiger partial charge in [0.25, 0.3) is 0 Å². The molecule has 8 aromatic rings. The number of fused-ring (bicyclic) bond motifs is 7. The zero-order chi connectivity index (χ0) is 28.0. The largest absolute Gasteiger partial charge is 0.309 e. The zero-order valence-electron chi connectivity index (χ0n) is 23.7. The normalized spacial score (nSPS) is 13.7. The predicted octanol–water partition coefficient (Wildman–Crippen LogP) is 11.1. The number of rotatable bonds is 2. The lowest BCUT2D eigenvalue weighted by Crippen LogP contribution is -2.26. The molecule has 2 heterocycles. The van der Waals surface area contributed by atoms with Gasteiger partial charge in [0.05, 0.1) is 16.7 Å². The van der Waals surface area contributed by atoms with Crippen LogP contribution < -0.4 is 0 Å². The van der Waals surface area contributed by atoms with Gasteiger partial charge in [-0.15, -0.1) is 0 Å². The topological polar surface area (TPSA) is 4.93 Å². The first-order valence-electron chi connectivity index (χ1n) is 14.8. The molecule has 0 radical (unpaired) electrons. The van der Waals surface area contributed by atoms with Gasteiger partial charge >= 0.3 is 0 Å². The minimum atomic E-state index is -0.132. The van der Waals surface area contributed by atoms with Crippen molar-refractivity contribution in [3.63, 3.8) is 0 Å². The van der Waals surface area contributed by atoms with Crippen LogP contribution in [0.5, 0.6) is 0 Å². The van der Waals surface area contributed by atoms with Gasteiger partial charge in [-0.3, -0.25) is 0 Å². The number of hydrogen-bond donors (Lipinski definition) is 0. The molecular weight excluding hydrogens is 506 g/mol. The third-order valence-electron chi connectivity index (χ3n) is 9.52. The van der Waals surface area contributed by atoms with E-state index in [1.807, 2.05) is 0 Å². The first kappa shape index (κ1) is 23.6. The Morgan fingerprint density at radius 3 is 1.69 bits per heavy atom. The summed E-state index contributed by atoms with van der Waals surface area (Å²) in [7, 11) is 0. The van der Waals surface area contributed by atoms with E-state index >= 15 is 0 Å². The fraction of sp³-hybridized carbons (Fsp3) is 0.0732. The highest BCUT2D eigenvalue weighted by Gasteiger charge is 2.35. The molecule has 1 aromatic heterocycles. The number of para-hydroxylation sites is 1. The molecule has 0 spiro atoms. The zero-order valence-corrected chi connectivity index (χ0v) is 23.7. The average molecular weight is 536 g/mol. The Bertz CT molecular complexity index is 2380. The van der Waals surface area contributed by atoms with Crippen molar-refractivity contribution in [2.45, 2.75) is 19.3 Å². The van der Waals surface area contributed by atoms with Gasteiger partial charge in [0.1, 0.15) is 0 Å². The number of hydrogen-bond acceptors (Lipinski definition) is 0. The van der Waals surface area contributed by atoms with E-state index in [9.17, 15) is 0 Å². The van der Waals surface area contributed by atoms with E-state index in [0.29, 0.717) is 0 Å². The molecule has 1 nitrogen and oxygen atoms in total. The summed E-state index contributed by atoms with van der Waals surface area (Å²) < 4.78 is 2.51. The molecule has 7 aromatic carbocycles. The van der Waals surface area contributed by atoms with Crippen LogP contribution in [-0.4, -0.2) is 4.57 Å². The first-order chi connectivity index (χ1) is 20.6. The Labute approximate surface area is 245 Å². The Kier molecular flexibility index (Phi) is 4.73. The minimum absolute atomic E-state index is 0.132. The Hall–Kier alpha value is -5.14. The van der Waals surface area contributed by atoms with Crippen LogP contribution in [0.3, 0.4) is 0 Å². The molecule has 42 heavy (non-hydrogen) atoms. The molecule has 9 rings (SSSR count). The molecule has 198 valence electrons. The highest BCUT2D eigenvalue weighted by atomic mass is 15.0. The van der Waals surface area contributed by atoms with Crippen LogP contribution in [0, 0.1) is 0 Å². The second-order valence-corrected chi connectivity index (χ2v) is 12.3. The Morgan fingerprint density at radius 1 is 0.429 bits per heavy atom. The van der Waals surface area contributed by atoms with Crippen LogP contribution in [0.4, 0.5) is 0 Å². The molecule has 0 unspecified atom stereocenters. The summed E-state index contributed by atoms with van der Waals surface area (Å²) >= 11 is 0. The van der Waals surface area contributed by atoms with Gasteiger partial charge in [0, 0.05) is 16.2 Å². The molecule has 0 atom stereocenters. The smallest absolute Gasteiger partial charge is 0.0582 e. The fourth-order valence-corrected chi connectivity index (χ4v) is 7.30. The van der Waals surface area contributed by atoms with Crippen molar-refractivity contribution in [3.8, 4) is 27.9 Å². The summed E-state index contributed by atoms with van der Waals surface area (Å²) in [6, 6.07) is 51.8. The van der Waals surface area contributed by atoms with Crippen LogP contribution in [0.2, 0.25) is 0 Å². The summed E-state index contributed by atoms with van der Waals surface area (Å²) in [6.45, 7) is 4.76. The van der Waals surface area contributed by atoms with Gasteiger partial charge in [-0.25, -0.2) is 0 Å². The van der Waals surface area contributed by atoms with Gasteiger partial charge in [-0.2, -0.15) is 0 Å². The maximum absolute atomic E-state index is 2.51. The maximum Gasteiger partial charge on any atom is 0.0582 e. The summed E-state index contributed by atoms with van der Waals surface area (Å²) in [5.74, 6) is 0. The van der Waals surface area contributed by atoms with Crippen molar-refractivity contribution in [3.05, 3.63) is 151 Å². The highest BCUT2D eigenvalue weighted by Crippen LogP contribution is 2.49. The molecular formula is C41H29N. The minimum Gasteiger partial charge on any atom is -0.309 e. The Balaban J connectivity index is 1.37. The van der Waals surface area contributed by atoms with Crippen molar-refractivity contribution in [1.82, 2.24) is 4.57 Å². The maximum atomic E-state index is 2.51. The van der Waals surface area contributed by atoms with Crippen LogP contribution in [0.25, 0.3) is 71.3 Å². The predicted molar refractivity (Wildman–Crippen MR) is 179 cm³/mol. The molecule has 0 aliphatic carbocycles. The lowest BCUT2D eigenvalue weighted by molar-refractivity contribution is 0.630. The first-order valence-corrected chi connectivity index (χ1v) is 14.8. The van der Waals surface area contributed by atoms with E-state index < -0.39 is 0 Å². The lowest BCUT2D eigenvalue weighted by Gasteiger charge is -2.35. The van der Waals surface area contributed by atoms with Crippen LogP contribution in [0.15, 0.2) is 140 Å². The lowest BCUT2D eigenvalue weighted by atomic mass is 9.74. The molecule has 0 saturated heterocycles. The monoisotopic (exact) mass is 535 g/mol. The van der Waals surface area contributed by atoms with Crippen LogP contribution in [-0.2, 0) is 5.41 Å². The van der Waals surface area contributed by atoms with Crippen LogP contribution >= 0.6 is 0 Å². The van der Waals surface area contributed by atoms with Gasteiger partial charge in [0.15, 0.2) is 0 Å². The number of nitrogens with zero attached hydrogens (tertiary/aromatic N) is 1. The van der Waals surface area contributed by atoms with E-state index in [4.69, 9.17) is 0 Å². The number of aromatic nitrogens is 1. The fourth-order valence-electron chi connectivity index (χ4n) is 7.30. The van der Waals surface area contributed by atoms with Gasteiger partial charge < -0.3 is 4.57 Å². The second-order valence-electron chi connectivity index (χ2n) is 12.3. The van der Waals surface area contributed by atoms with Crippen molar-refractivity contribution < 1.29 is 0 Å². The van der Waals surface area contributed by atoms with Crippen molar-refractivity contribution in [2.75, 3.05) is 0 Å². The van der Waals surface area contributed by atoms with Gasteiger partial charge in [0.2, 0.25) is 0 Å². The highest BCUT2D eigenvalue weighted by molar-refractivity contribution is 6.14. The molecule has 0 amide bonds. The van der Waals surface area contributed by atoms with Gasteiger partial charge in [-0.1, -0.05) is 111 Å². The van der Waals surface area contributed by atoms with Crippen molar-refractivity contribution in [1.29, 1.82) is 0 Å². The molecule has 1 heteroatoms. The average Bonchev–Trinajstić information content (AvgIpc) is 3.37. The van der Waals surface area contributed by atoms with E-state index in [-0.39, 0.29) is 5.41 Å². The molecule has 1 aliphatic rings. The molecule has 1 aliphatic heterocycles. The molecule has 0 fully saturated rings. The summed E-state index contributed by atoms with van der Waals surface area (Å²) in [5, 5.41) is 7.70. The third kappa shape index (κ3) is 3.25. The van der Waals surface area contributed by atoms with Crippen molar-refractivity contribution in [2.24, 2.45) is 0 Å². The Morgan fingerprint density at radius 2 is 0.976 bits per heavy atom. The van der Waals surface area contributed by atoms with E-state index in [2.05, 4.69) is 158 Å². The standard InChI is InChI=1S/C41H29N/c1-41(2)36-13-7-8-14-39(36)42-38-20-19-32(30-17-15-26-9-3-5-11-28(26)21-30)23-34(38)35-24-33(25-37(41)40(35)42)31-18-16-27-10-4-6-12-29(27)22-31/h3-25H,1-2H3. The third-order valence-corrected chi connectivity index (χ3v) is 9.52. The van der Waals surface area contributed by atoms with E-state index in [1.54, 1.807) is 0 Å². The second kappa shape index (κ2) is 8.44.